The number of aliphatic carboxylic acids is 1. The third-order valence-corrected chi connectivity index (χ3v) is 3.47. The molecule has 0 aliphatic carbocycles. The van der Waals surface area contributed by atoms with E-state index in [1.807, 2.05) is 38.1 Å². The van der Waals surface area contributed by atoms with Crippen molar-refractivity contribution in [2.75, 3.05) is 0 Å². The summed E-state index contributed by atoms with van der Waals surface area (Å²) in [5.41, 5.74) is 1.81. The van der Waals surface area contributed by atoms with Gasteiger partial charge < -0.3 is 10.4 Å². The van der Waals surface area contributed by atoms with Crippen LogP contribution < -0.4 is 5.32 Å². The van der Waals surface area contributed by atoms with Gasteiger partial charge in [0.1, 0.15) is 6.04 Å². The van der Waals surface area contributed by atoms with Crippen molar-refractivity contribution in [3.63, 3.8) is 0 Å². The number of amides is 1. The van der Waals surface area contributed by atoms with Gasteiger partial charge >= 0.3 is 5.97 Å². The predicted molar refractivity (Wildman–Crippen MR) is 84.8 cm³/mol. The second-order valence-corrected chi connectivity index (χ2v) is 5.81. The number of hydrogen-bond acceptors (Lipinski definition) is 3. The number of aromatic nitrogens is 1. The molecule has 22 heavy (non-hydrogen) atoms. The van der Waals surface area contributed by atoms with E-state index < -0.39 is 17.9 Å². The molecule has 1 aromatic carbocycles. The van der Waals surface area contributed by atoms with Gasteiger partial charge in [0.25, 0.3) is 5.91 Å². The number of carboxylic acids is 1. The highest BCUT2D eigenvalue weighted by Gasteiger charge is 2.22. The van der Waals surface area contributed by atoms with Crippen LogP contribution in [0.5, 0.6) is 0 Å². The van der Waals surface area contributed by atoms with Gasteiger partial charge in [-0.15, -0.1) is 0 Å². The van der Waals surface area contributed by atoms with E-state index in [-0.39, 0.29) is 5.92 Å². The number of carbonyl (C=O) groups excluding carboxylic acids is 1. The van der Waals surface area contributed by atoms with Crippen molar-refractivity contribution < 1.29 is 14.7 Å². The Balaban J connectivity index is 2.28. The molecule has 116 valence electrons. The van der Waals surface area contributed by atoms with Crippen molar-refractivity contribution in [1.29, 1.82) is 0 Å². The Hall–Kier alpha value is -2.43. The van der Waals surface area contributed by atoms with Gasteiger partial charge in [-0.3, -0.25) is 9.78 Å². The molecule has 1 aromatic heterocycles. The summed E-state index contributed by atoms with van der Waals surface area (Å²) in [6, 6.07) is 8.38. The van der Waals surface area contributed by atoms with Crippen molar-refractivity contribution >= 4 is 22.8 Å². The molecule has 0 fully saturated rings. The molecule has 0 radical (unpaired) electrons. The summed E-state index contributed by atoms with van der Waals surface area (Å²) >= 11 is 0. The van der Waals surface area contributed by atoms with Crippen molar-refractivity contribution in [3.05, 3.63) is 41.6 Å². The molecule has 2 rings (SSSR count). The third kappa shape index (κ3) is 3.61. The Morgan fingerprint density at radius 2 is 1.95 bits per heavy atom. The molecule has 1 atom stereocenters. The van der Waals surface area contributed by atoms with E-state index in [4.69, 9.17) is 0 Å². The zero-order valence-electron chi connectivity index (χ0n) is 13.0. The molecule has 5 nitrogen and oxygen atoms in total. The number of rotatable bonds is 5. The molecule has 0 aliphatic heterocycles. The largest absolute Gasteiger partial charge is 0.480 e. The summed E-state index contributed by atoms with van der Waals surface area (Å²) in [7, 11) is 0. The van der Waals surface area contributed by atoms with Crippen molar-refractivity contribution in [1.82, 2.24) is 10.3 Å². The molecule has 2 N–H and O–H groups in total. The maximum Gasteiger partial charge on any atom is 0.326 e. The average molecular weight is 300 g/mol. The number of benzene rings is 1. The third-order valence-electron chi connectivity index (χ3n) is 3.47. The van der Waals surface area contributed by atoms with Crippen molar-refractivity contribution in [2.45, 2.75) is 33.2 Å². The minimum absolute atomic E-state index is 0.178. The first kappa shape index (κ1) is 15.9. The lowest BCUT2D eigenvalue weighted by molar-refractivity contribution is -0.139. The molecule has 1 amide bonds. The first-order valence-corrected chi connectivity index (χ1v) is 7.28. The summed E-state index contributed by atoms with van der Waals surface area (Å²) in [5, 5.41) is 12.7. The Morgan fingerprint density at radius 3 is 2.59 bits per heavy atom. The second kappa shape index (κ2) is 6.56. The number of pyridine rings is 1. The summed E-state index contributed by atoms with van der Waals surface area (Å²) in [5.74, 6) is -1.24. The molecule has 1 heterocycles. The summed E-state index contributed by atoms with van der Waals surface area (Å²) in [4.78, 5) is 28.1. The number of carboxylic acid groups (broad SMARTS) is 1. The fraction of sp³-hybridized carbons (Fsp3) is 0.353. The van der Waals surface area contributed by atoms with E-state index >= 15 is 0 Å². The molecule has 0 spiro atoms. The number of carbonyl (C=O) groups is 2. The van der Waals surface area contributed by atoms with Crippen LogP contribution in [0.2, 0.25) is 0 Å². The summed E-state index contributed by atoms with van der Waals surface area (Å²) < 4.78 is 0. The summed E-state index contributed by atoms with van der Waals surface area (Å²) in [6.07, 6.45) is 0.390. The van der Waals surface area contributed by atoms with Crippen LogP contribution in [0.1, 0.15) is 36.3 Å². The van der Waals surface area contributed by atoms with Crippen molar-refractivity contribution in [2.24, 2.45) is 5.92 Å². The van der Waals surface area contributed by atoms with Crippen LogP contribution in [-0.4, -0.2) is 28.0 Å². The van der Waals surface area contributed by atoms with E-state index in [1.54, 1.807) is 13.0 Å². The lowest BCUT2D eigenvalue weighted by atomic mass is 10.0. The van der Waals surface area contributed by atoms with Gasteiger partial charge in [-0.2, -0.15) is 0 Å². The molecule has 2 aromatic rings. The minimum atomic E-state index is -1.02. The number of para-hydroxylation sites is 1. The number of nitrogens with zero attached hydrogens (tertiary/aromatic N) is 1. The van der Waals surface area contributed by atoms with Gasteiger partial charge in [0.2, 0.25) is 0 Å². The molecule has 0 saturated heterocycles. The van der Waals surface area contributed by atoms with Gasteiger partial charge in [0.15, 0.2) is 0 Å². The fourth-order valence-corrected chi connectivity index (χ4v) is 2.37. The number of aryl methyl sites for hydroxylation is 1. The second-order valence-electron chi connectivity index (χ2n) is 5.81. The van der Waals surface area contributed by atoms with Crippen LogP contribution in [0.3, 0.4) is 0 Å². The maximum atomic E-state index is 12.4. The van der Waals surface area contributed by atoms with Gasteiger partial charge in [-0.25, -0.2) is 4.79 Å². The first-order chi connectivity index (χ1) is 10.4. The Morgan fingerprint density at radius 1 is 1.27 bits per heavy atom. The smallest absolute Gasteiger partial charge is 0.326 e. The van der Waals surface area contributed by atoms with E-state index in [0.29, 0.717) is 17.7 Å². The lowest BCUT2D eigenvalue weighted by Gasteiger charge is -2.17. The summed E-state index contributed by atoms with van der Waals surface area (Å²) in [6.45, 7) is 5.59. The van der Waals surface area contributed by atoms with Crippen molar-refractivity contribution in [3.8, 4) is 0 Å². The monoisotopic (exact) mass is 300 g/mol. The Labute approximate surface area is 129 Å². The van der Waals surface area contributed by atoms with Gasteiger partial charge in [0.05, 0.1) is 16.8 Å². The van der Waals surface area contributed by atoms with Gasteiger partial charge in [-0.05, 0) is 31.4 Å². The standard InChI is InChI=1S/C17H20N2O3/c1-10(2)8-15(17(21)22)19-16(20)13-9-12-6-4-5-7-14(12)18-11(13)3/h4-7,9-10,15H,8H2,1-3H3,(H,19,20)(H,21,22)/t15-/m1/s1. The van der Waals surface area contributed by atoms with Crippen LogP contribution in [0.4, 0.5) is 0 Å². The van der Waals surface area contributed by atoms with Crippen LogP contribution in [-0.2, 0) is 4.79 Å². The Kier molecular flexibility index (Phi) is 4.75. The van der Waals surface area contributed by atoms with Crippen LogP contribution in [0.25, 0.3) is 10.9 Å². The van der Waals surface area contributed by atoms with E-state index in [0.717, 1.165) is 10.9 Å². The molecular formula is C17H20N2O3. The minimum Gasteiger partial charge on any atom is -0.480 e. The van der Waals surface area contributed by atoms with Crippen LogP contribution in [0.15, 0.2) is 30.3 Å². The molecule has 0 saturated carbocycles. The van der Waals surface area contributed by atoms with Crippen LogP contribution in [0, 0.1) is 12.8 Å². The lowest BCUT2D eigenvalue weighted by Crippen LogP contribution is -2.41. The molecule has 0 aliphatic rings. The molecule has 5 heteroatoms. The number of fused-ring (bicyclic) bond motifs is 1. The average Bonchev–Trinajstić information content (AvgIpc) is 2.45. The Bertz CT molecular complexity index is 710. The fourth-order valence-electron chi connectivity index (χ4n) is 2.37. The topological polar surface area (TPSA) is 79.3 Å². The van der Waals surface area contributed by atoms with E-state index in [2.05, 4.69) is 10.3 Å². The maximum absolute atomic E-state index is 12.4. The van der Waals surface area contributed by atoms with E-state index in [1.165, 1.54) is 0 Å². The van der Waals surface area contributed by atoms with Gasteiger partial charge in [-0.1, -0.05) is 32.0 Å². The normalized spacial score (nSPS) is 12.4. The number of nitrogens with one attached hydrogen (secondary N) is 1. The quantitative estimate of drug-likeness (QED) is 0.890. The highest BCUT2D eigenvalue weighted by atomic mass is 16.4. The highest BCUT2D eigenvalue weighted by Crippen LogP contribution is 2.16. The zero-order chi connectivity index (χ0) is 16.3. The molecule has 0 bridgehead atoms. The SMILES string of the molecule is Cc1nc2ccccc2cc1C(=O)N[C@H](CC(C)C)C(=O)O. The van der Waals surface area contributed by atoms with Crippen LogP contribution >= 0.6 is 0 Å². The molecular weight excluding hydrogens is 280 g/mol. The predicted octanol–water partition coefficient (Wildman–Crippen LogP) is 2.77. The highest BCUT2D eigenvalue weighted by molar-refractivity contribution is 6.00. The van der Waals surface area contributed by atoms with Gasteiger partial charge in [0, 0.05) is 5.39 Å². The zero-order valence-corrected chi connectivity index (χ0v) is 13.0. The first-order valence-electron chi connectivity index (χ1n) is 7.28. The van der Waals surface area contributed by atoms with E-state index in [9.17, 15) is 14.7 Å². The number of hydrogen-bond donors (Lipinski definition) is 2. The molecule has 0 unspecified atom stereocenters.